The van der Waals surface area contributed by atoms with E-state index in [0.717, 1.165) is 21.5 Å². The zero-order chi connectivity index (χ0) is 20.2. The highest BCUT2D eigenvalue weighted by Gasteiger charge is 2.20. The first-order valence-electron chi connectivity index (χ1n) is 8.91. The highest BCUT2D eigenvalue weighted by Crippen LogP contribution is 2.33. The molecule has 0 atom stereocenters. The number of nitrogens with zero attached hydrogens (tertiary/aromatic N) is 2. The quantitative estimate of drug-likeness (QED) is 0.394. The monoisotopic (exact) mass is 404 g/mol. The first-order valence-corrected chi connectivity index (χ1v) is 9.73. The third kappa shape index (κ3) is 4.17. The summed E-state index contributed by atoms with van der Waals surface area (Å²) in [6.07, 6.45) is 3.21. The molecule has 1 heterocycles. The lowest BCUT2D eigenvalue weighted by atomic mass is 10.2. The maximum absolute atomic E-state index is 13.4. The molecule has 0 aliphatic rings. The van der Waals surface area contributed by atoms with Crippen LogP contribution in [0.1, 0.15) is 5.56 Å². The molecule has 6 heteroatoms. The summed E-state index contributed by atoms with van der Waals surface area (Å²) in [6.45, 7) is 0. The number of amides is 1. The van der Waals surface area contributed by atoms with Crippen LogP contribution in [0.3, 0.4) is 0 Å². The van der Waals surface area contributed by atoms with Crippen LogP contribution in [0.4, 0.5) is 15.2 Å². The molecule has 3 aromatic carbocycles. The number of benzene rings is 3. The van der Waals surface area contributed by atoms with E-state index in [1.165, 1.54) is 34.4 Å². The van der Waals surface area contributed by atoms with Gasteiger partial charge in [-0.2, -0.15) is 0 Å². The summed E-state index contributed by atoms with van der Waals surface area (Å²) in [4.78, 5) is 19.2. The average molecular weight is 404 g/mol. The van der Waals surface area contributed by atoms with Crippen LogP contribution in [0.25, 0.3) is 16.3 Å². The largest absolute Gasteiger partial charge is 0.497 e. The zero-order valence-corrected chi connectivity index (χ0v) is 16.4. The fraction of sp³-hybridized carbons (Fsp3) is 0.0435. The Morgan fingerprint density at radius 2 is 1.76 bits per heavy atom. The van der Waals surface area contributed by atoms with Gasteiger partial charge in [-0.1, -0.05) is 35.6 Å². The molecule has 0 radical (unpaired) electrons. The Morgan fingerprint density at radius 3 is 2.45 bits per heavy atom. The summed E-state index contributed by atoms with van der Waals surface area (Å²) >= 11 is 1.41. The van der Waals surface area contributed by atoms with Crippen molar-refractivity contribution in [2.45, 2.75) is 0 Å². The van der Waals surface area contributed by atoms with Gasteiger partial charge in [0.2, 0.25) is 0 Å². The molecule has 0 N–H and O–H groups in total. The van der Waals surface area contributed by atoms with E-state index in [1.54, 1.807) is 25.3 Å². The van der Waals surface area contributed by atoms with Gasteiger partial charge < -0.3 is 4.74 Å². The Labute approximate surface area is 171 Å². The minimum Gasteiger partial charge on any atom is -0.497 e. The summed E-state index contributed by atoms with van der Waals surface area (Å²) in [5.74, 6) is 0.113. The lowest BCUT2D eigenvalue weighted by Gasteiger charge is -2.18. The van der Waals surface area contributed by atoms with Gasteiger partial charge in [-0.15, -0.1) is 0 Å². The molecular weight excluding hydrogens is 387 g/mol. The lowest BCUT2D eigenvalue weighted by Crippen LogP contribution is -2.23. The summed E-state index contributed by atoms with van der Waals surface area (Å²) in [7, 11) is 1.60. The van der Waals surface area contributed by atoms with Crippen LogP contribution in [0, 0.1) is 5.82 Å². The SMILES string of the molecule is COc1ccc(/C=C/C(=O)N(c2ccc(F)cc2)c2nc3ccccc3s2)cc1. The normalized spacial score (nSPS) is 11.1. The number of carbonyl (C=O) groups is 1. The van der Waals surface area contributed by atoms with E-state index in [9.17, 15) is 9.18 Å². The van der Waals surface area contributed by atoms with Gasteiger partial charge in [-0.05, 0) is 60.2 Å². The van der Waals surface area contributed by atoms with E-state index in [2.05, 4.69) is 4.98 Å². The first kappa shape index (κ1) is 18.8. The van der Waals surface area contributed by atoms with Gasteiger partial charge in [0, 0.05) is 6.08 Å². The van der Waals surface area contributed by atoms with Crippen LogP contribution < -0.4 is 9.64 Å². The van der Waals surface area contributed by atoms with E-state index in [1.807, 2.05) is 48.5 Å². The highest BCUT2D eigenvalue weighted by atomic mass is 32.1. The molecule has 0 saturated heterocycles. The van der Waals surface area contributed by atoms with Gasteiger partial charge in [-0.25, -0.2) is 9.37 Å². The van der Waals surface area contributed by atoms with Crippen LogP contribution in [0.2, 0.25) is 0 Å². The summed E-state index contributed by atoms with van der Waals surface area (Å²) in [5.41, 5.74) is 2.23. The molecule has 0 saturated carbocycles. The number of thiazole rings is 1. The Kier molecular flexibility index (Phi) is 5.35. The standard InChI is InChI=1S/C23H17FN2O2S/c1-28-19-13-6-16(7-14-19)8-15-22(27)26(18-11-9-17(24)10-12-18)23-25-20-4-2-3-5-21(20)29-23/h2-15H,1H3/b15-8+. The summed E-state index contributed by atoms with van der Waals surface area (Å²) < 4.78 is 19.5. The Morgan fingerprint density at radius 1 is 1.03 bits per heavy atom. The number of carbonyl (C=O) groups excluding carboxylic acids is 1. The van der Waals surface area contributed by atoms with E-state index in [4.69, 9.17) is 4.74 Å². The molecule has 1 amide bonds. The molecule has 4 nitrogen and oxygen atoms in total. The van der Waals surface area contributed by atoms with Crippen molar-refractivity contribution in [1.29, 1.82) is 0 Å². The van der Waals surface area contributed by atoms with Crippen LogP contribution >= 0.6 is 11.3 Å². The molecule has 144 valence electrons. The van der Waals surface area contributed by atoms with Crippen molar-refractivity contribution in [3.63, 3.8) is 0 Å². The Bertz CT molecular complexity index is 1130. The minimum absolute atomic E-state index is 0.272. The van der Waals surface area contributed by atoms with Crippen molar-refractivity contribution in [2.75, 3.05) is 12.0 Å². The molecular formula is C23H17FN2O2S. The van der Waals surface area contributed by atoms with Gasteiger partial charge in [0.05, 0.1) is 23.0 Å². The van der Waals surface area contributed by atoms with Gasteiger partial charge in [0.1, 0.15) is 11.6 Å². The average Bonchev–Trinajstić information content (AvgIpc) is 3.17. The number of anilines is 2. The van der Waals surface area contributed by atoms with Crippen LogP contribution in [-0.2, 0) is 4.79 Å². The number of hydrogen-bond donors (Lipinski definition) is 0. The maximum Gasteiger partial charge on any atom is 0.257 e. The molecule has 0 fully saturated rings. The second kappa shape index (κ2) is 8.24. The molecule has 0 bridgehead atoms. The van der Waals surface area contributed by atoms with Crippen LogP contribution in [0.15, 0.2) is 78.9 Å². The van der Waals surface area contributed by atoms with Gasteiger partial charge >= 0.3 is 0 Å². The van der Waals surface area contributed by atoms with E-state index >= 15 is 0 Å². The molecule has 4 rings (SSSR count). The predicted octanol–water partition coefficient (Wildman–Crippen LogP) is 5.82. The van der Waals surface area contributed by atoms with Crippen LogP contribution in [0.5, 0.6) is 5.75 Å². The molecule has 0 aliphatic carbocycles. The number of para-hydroxylation sites is 1. The zero-order valence-electron chi connectivity index (χ0n) is 15.6. The van der Waals surface area contributed by atoms with Crippen molar-refractivity contribution in [2.24, 2.45) is 0 Å². The fourth-order valence-electron chi connectivity index (χ4n) is 2.83. The number of methoxy groups -OCH3 is 1. The molecule has 0 spiro atoms. The molecule has 4 aromatic rings. The van der Waals surface area contributed by atoms with Crippen LogP contribution in [-0.4, -0.2) is 18.0 Å². The summed E-state index contributed by atoms with van der Waals surface area (Å²) in [6, 6.07) is 20.9. The third-order valence-electron chi connectivity index (χ3n) is 4.31. The highest BCUT2D eigenvalue weighted by molar-refractivity contribution is 7.22. The molecule has 29 heavy (non-hydrogen) atoms. The second-order valence-corrected chi connectivity index (χ2v) is 7.23. The van der Waals surface area contributed by atoms with Crippen molar-refractivity contribution in [1.82, 2.24) is 4.98 Å². The smallest absolute Gasteiger partial charge is 0.257 e. The number of fused-ring (bicyclic) bond motifs is 1. The first-order chi connectivity index (χ1) is 14.1. The number of hydrogen-bond acceptors (Lipinski definition) is 4. The van der Waals surface area contributed by atoms with E-state index in [0.29, 0.717) is 10.8 Å². The number of ether oxygens (including phenoxy) is 1. The maximum atomic E-state index is 13.4. The van der Waals surface area contributed by atoms with Gasteiger partial charge in [0.15, 0.2) is 5.13 Å². The van der Waals surface area contributed by atoms with Gasteiger partial charge in [-0.3, -0.25) is 9.69 Å². The van der Waals surface area contributed by atoms with Crippen molar-refractivity contribution in [3.8, 4) is 5.75 Å². The number of halogens is 1. The second-order valence-electron chi connectivity index (χ2n) is 6.22. The van der Waals surface area contributed by atoms with Crippen molar-refractivity contribution >= 4 is 44.4 Å². The third-order valence-corrected chi connectivity index (χ3v) is 5.33. The minimum atomic E-state index is -0.362. The topological polar surface area (TPSA) is 42.4 Å². The van der Waals surface area contributed by atoms with Crippen molar-refractivity contribution in [3.05, 3.63) is 90.3 Å². The molecule has 0 aliphatic heterocycles. The van der Waals surface area contributed by atoms with Gasteiger partial charge in [0.25, 0.3) is 5.91 Å². The molecule has 1 aromatic heterocycles. The number of aromatic nitrogens is 1. The summed E-state index contributed by atoms with van der Waals surface area (Å²) in [5, 5.41) is 0.530. The van der Waals surface area contributed by atoms with Crippen molar-refractivity contribution < 1.29 is 13.9 Å². The fourth-order valence-corrected chi connectivity index (χ4v) is 3.83. The number of rotatable bonds is 5. The Hall–Kier alpha value is -3.51. The van der Waals surface area contributed by atoms with E-state index in [-0.39, 0.29) is 11.7 Å². The lowest BCUT2D eigenvalue weighted by molar-refractivity contribution is -0.113. The molecule has 0 unspecified atom stereocenters. The van der Waals surface area contributed by atoms with E-state index < -0.39 is 0 Å². The predicted molar refractivity (Wildman–Crippen MR) is 115 cm³/mol. The Balaban J connectivity index is 1.69.